The van der Waals surface area contributed by atoms with Crippen molar-refractivity contribution in [3.8, 4) is 16.9 Å². The van der Waals surface area contributed by atoms with Crippen LogP contribution < -0.4 is 4.74 Å². The summed E-state index contributed by atoms with van der Waals surface area (Å²) in [7, 11) is -4.27. The molecule has 0 aromatic heterocycles. The number of rotatable bonds is 5. The third-order valence-corrected chi connectivity index (χ3v) is 4.67. The molecule has 0 saturated carbocycles. The van der Waals surface area contributed by atoms with Crippen molar-refractivity contribution >= 4 is 10.1 Å². The van der Waals surface area contributed by atoms with Crippen molar-refractivity contribution in [2.24, 2.45) is 0 Å². The molecule has 1 N–H and O–H groups in total. The fourth-order valence-electron chi connectivity index (χ4n) is 2.63. The topological polar surface area (TPSA) is 63.6 Å². The summed E-state index contributed by atoms with van der Waals surface area (Å²) >= 11 is 0. The van der Waals surface area contributed by atoms with Gasteiger partial charge in [0.2, 0.25) is 0 Å². The van der Waals surface area contributed by atoms with Crippen molar-refractivity contribution in [2.75, 3.05) is 6.61 Å². The smallest absolute Gasteiger partial charge is 0.295 e. The second kappa shape index (κ2) is 6.26. The molecule has 5 heteroatoms. The van der Waals surface area contributed by atoms with Crippen LogP contribution in [0.15, 0.2) is 29.2 Å². The molecule has 22 heavy (non-hydrogen) atoms. The first kappa shape index (κ1) is 16.8. The van der Waals surface area contributed by atoms with Crippen molar-refractivity contribution < 1.29 is 17.7 Å². The van der Waals surface area contributed by atoms with Gasteiger partial charge in [-0.15, -0.1) is 0 Å². The van der Waals surface area contributed by atoms with Gasteiger partial charge in [0.1, 0.15) is 10.6 Å². The van der Waals surface area contributed by atoms with E-state index in [1.165, 1.54) is 6.07 Å². The molecule has 2 rings (SSSR count). The molecule has 0 bridgehead atoms. The van der Waals surface area contributed by atoms with Crippen LogP contribution in [-0.4, -0.2) is 19.6 Å². The van der Waals surface area contributed by atoms with Gasteiger partial charge in [0.25, 0.3) is 10.1 Å². The minimum atomic E-state index is -4.27. The fourth-order valence-corrected chi connectivity index (χ4v) is 3.37. The van der Waals surface area contributed by atoms with Crippen LogP contribution in [0.25, 0.3) is 11.1 Å². The Balaban J connectivity index is 2.87. The molecule has 0 spiro atoms. The largest absolute Gasteiger partial charge is 0.493 e. The Hall–Kier alpha value is -1.59. The summed E-state index contributed by atoms with van der Waals surface area (Å²) in [5, 5.41) is 0. The number of hydrogen-bond acceptors (Lipinski definition) is 3. The lowest BCUT2D eigenvalue weighted by Gasteiger charge is -2.09. The van der Waals surface area contributed by atoms with Crippen molar-refractivity contribution in [3.05, 3.63) is 35.4 Å². The van der Waals surface area contributed by atoms with Gasteiger partial charge < -0.3 is 4.74 Å². The summed E-state index contributed by atoms with van der Waals surface area (Å²) < 4.78 is 38.6. The molecule has 0 amide bonds. The molecule has 0 saturated heterocycles. The van der Waals surface area contributed by atoms with Gasteiger partial charge >= 0.3 is 0 Å². The molecule has 0 aliphatic heterocycles. The number of hydrogen-bond donors (Lipinski definition) is 1. The van der Waals surface area contributed by atoms with Gasteiger partial charge in [-0.25, -0.2) is 0 Å². The molecule has 4 nitrogen and oxygen atoms in total. The molecule has 120 valence electrons. The van der Waals surface area contributed by atoms with Gasteiger partial charge in [-0.1, -0.05) is 32.9 Å². The van der Waals surface area contributed by atoms with Crippen LogP contribution >= 0.6 is 0 Å². The van der Waals surface area contributed by atoms with Crippen LogP contribution in [-0.2, 0) is 16.5 Å². The molecule has 2 aliphatic carbocycles. The van der Waals surface area contributed by atoms with E-state index < -0.39 is 10.1 Å². The average Bonchev–Trinajstić information content (AvgIpc) is 2.70. The summed E-state index contributed by atoms with van der Waals surface area (Å²) in [6.07, 6.45) is 0.660. The SMILES string of the molecule is CCOc1cc(C(C)C)ccc2c(S(=O)(=O)O)cc(CC)c1-2. The highest BCUT2D eigenvalue weighted by molar-refractivity contribution is 7.86. The van der Waals surface area contributed by atoms with E-state index in [1.807, 2.05) is 26.0 Å². The quantitative estimate of drug-likeness (QED) is 0.841. The van der Waals surface area contributed by atoms with Gasteiger partial charge in [-0.3, -0.25) is 4.55 Å². The molecule has 0 unspecified atom stereocenters. The Morgan fingerprint density at radius 3 is 2.36 bits per heavy atom. The van der Waals surface area contributed by atoms with E-state index >= 15 is 0 Å². The minimum absolute atomic E-state index is 0.0498. The highest BCUT2D eigenvalue weighted by Gasteiger charge is 2.25. The lowest BCUT2D eigenvalue weighted by Crippen LogP contribution is -1.97. The number of aryl methyl sites for hydroxylation is 1. The van der Waals surface area contributed by atoms with Crippen LogP contribution in [0.1, 0.15) is 44.7 Å². The maximum Gasteiger partial charge on any atom is 0.295 e. The van der Waals surface area contributed by atoms with E-state index in [0.29, 0.717) is 24.3 Å². The van der Waals surface area contributed by atoms with Gasteiger partial charge in [-0.2, -0.15) is 8.42 Å². The van der Waals surface area contributed by atoms with Gasteiger partial charge in [-0.05, 0) is 42.5 Å². The zero-order chi connectivity index (χ0) is 16.5. The molecule has 2 aliphatic rings. The lowest BCUT2D eigenvalue weighted by molar-refractivity contribution is 0.341. The van der Waals surface area contributed by atoms with Crippen molar-refractivity contribution in [1.82, 2.24) is 0 Å². The zero-order valence-corrected chi connectivity index (χ0v) is 14.2. The Bertz CT molecular complexity index is 748. The molecule has 0 radical (unpaired) electrons. The average molecular weight is 322 g/mol. The van der Waals surface area contributed by atoms with E-state index in [1.54, 1.807) is 6.07 Å². The summed E-state index contributed by atoms with van der Waals surface area (Å²) in [6.45, 7) is 8.48. The fraction of sp³-hybridized carbons (Fsp3) is 0.412. The van der Waals surface area contributed by atoms with Gasteiger partial charge in [0.05, 0.1) is 6.61 Å². The highest BCUT2D eigenvalue weighted by atomic mass is 32.2. The van der Waals surface area contributed by atoms with Crippen LogP contribution in [0.2, 0.25) is 0 Å². The predicted molar refractivity (Wildman–Crippen MR) is 87.5 cm³/mol. The van der Waals surface area contributed by atoms with Gasteiger partial charge in [0.15, 0.2) is 0 Å². The molecule has 0 aromatic carbocycles. The summed E-state index contributed by atoms with van der Waals surface area (Å²) in [4.78, 5) is -0.0498. The molecular weight excluding hydrogens is 300 g/mol. The van der Waals surface area contributed by atoms with E-state index in [4.69, 9.17) is 4.74 Å². The second-order valence-electron chi connectivity index (χ2n) is 5.58. The number of ether oxygens (including phenoxy) is 1. The van der Waals surface area contributed by atoms with Crippen LogP contribution in [0, 0.1) is 0 Å². The van der Waals surface area contributed by atoms with Crippen LogP contribution in [0.3, 0.4) is 0 Å². The standard InChI is InChI=1S/C17H22O4S/c1-5-12-10-16(22(18,19)20)14-8-7-13(11(3)4)9-15(17(12)14)21-6-2/h7-11H,5-6H2,1-4H3,(H,18,19,20). The first-order chi connectivity index (χ1) is 10.3. The lowest BCUT2D eigenvalue weighted by atomic mass is 10.0. The van der Waals surface area contributed by atoms with E-state index in [0.717, 1.165) is 16.7 Å². The minimum Gasteiger partial charge on any atom is -0.493 e. The predicted octanol–water partition coefficient (Wildman–Crippen LogP) is 4.12. The van der Waals surface area contributed by atoms with Gasteiger partial charge in [0, 0.05) is 11.1 Å². The molecule has 0 aromatic rings. The molecule has 0 fully saturated rings. The molecule has 0 atom stereocenters. The number of fused-ring (bicyclic) bond motifs is 1. The Kier molecular flexibility index (Phi) is 4.78. The second-order valence-corrected chi connectivity index (χ2v) is 6.97. The molecular formula is C17H22O4S. The van der Waals surface area contributed by atoms with E-state index in [-0.39, 0.29) is 10.8 Å². The van der Waals surface area contributed by atoms with E-state index in [2.05, 4.69) is 13.8 Å². The third kappa shape index (κ3) is 3.10. The van der Waals surface area contributed by atoms with Crippen LogP contribution in [0.5, 0.6) is 5.75 Å². The maximum atomic E-state index is 11.7. The Morgan fingerprint density at radius 2 is 1.86 bits per heavy atom. The monoisotopic (exact) mass is 322 g/mol. The summed E-state index contributed by atoms with van der Waals surface area (Å²) in [6, 6.07) is 7.15. The van der Waals surface area contributed by atoms with Crippen molar-refractivity contribution in [2.45, 2.75) is 44.9 Å². The Morgan fingerprint density at radius 1 is 1.18 bits per heavy atom. The first-order valence-corrected chi connectivity index (χ1v) is 8.93. The van der Waals surface area contributed by atoms with E-state index in [9.17, 15) is 13.0 Å². The summed E-state index contributed by atoms with van der Waals surface area (Å²) in [5.74, 6) is 0.952. The first-order valence-electron chi connectivity index (χ1n) is 7.49. The maximum absolute atomic E-state index is 11.7. The highest BCUT2D eigenvalue weighted by Crippen LogP contribution is 2.42. The van der Waals surface area contributed by atoms with Crippen molar-refractivity contribution in [3.63, 3.8) is 0 Å². The van der Waals surface area contributed by atoms with Crippen LogP contribution in [0.4, 0.5) is 0 Å². The Labute approximate surface area is 132 Å². The molecule has 0 heterocycles. The summed E-state index contributed by atoms with van der Waals surface area (Å²) in [5.41, 5.74) is 3.19. The van der Waals surface area contributed by atoms with Crippen molar-refractivity contribution in [1.29, 1.82) is 0 Å². The normalized spacial score (nSPS) is 12.1. The third-order valence-electron chi connectivity index (χ3n) is 3.77. The zero-order valence-electron chi connectivity index (χ0n) is 13.4.